The molecule has 11 nitrogen and oxygen atoms in total. The van der Waals surface area contributed by atoms with Crippen LogP contribution in [0.1, 0.15) is 12.7 Å². The molecule has 0 bridgehead atoms. The van der Waals surface area contributed by atoms with Crippen LogP contribution in [0.3, 0.4) is 0 Å². The van der Waals surface area contributed by atoms with Crippen molar-refractivity contribution >= 4 is 42.7 Å². The number of thioether (sulfide) groups is 1. The molecule has 0 saturated heterocycles. The third-order valence-corrected chi connectivity index (χ3v) is 7.72. The number of sulfone groups is 1. The Balaban J connectivity index is 1.62. The highest BCUT2D eigenvalue weighted by Crippen LogP contribution is 2.28. The van der Waals surface area contributed by atoms with Gasteiger partial charge in [0.1, 0.15) is 0 Å². The van der Waals surface area contributed by atoms with Gasteiger partial charge in [0.15, 0.2) is 20.8 Å². The van der Waals surface area contributed by atoms with Gasteiger partial charge in [-0.05, 0) is 59.8 Å². The van der Waals surface area contributed by atoms with E-state index < -0.39 is 19.9 Å². The average Bonchev–Trinajstić information content (AvgIpc) is 3.34. The molecular weight excluding hydrogens is 474 g/mol. The molecule has 0 radical (unpaired) electrons. The number of tetrazole rings is 1. The molecule has 0 aliphatic rings. The molecule has 0 atom stereocenters. The van der Waals surface area contributed by atoms with Crippen molar-refractivity contribution in [2.75, 3.05) is 6.26 Å². The molecular formula is C18H19N7O4S3. The Morgan fingerprint density at radius 1 is 1.03 bits per heavy atom. The first-order chi connectivity index (χ1) is 15.1. The van der Waals surface area contributed by atoms with Crippen LogP contribution >= 0.6 is 11.8 Å². The summed E-state index contributed by atoms with van der Waals surface area (Å²) in [5.74, 6) is 0.925. The standard InChI is InChI=1S/C18H19N7O4S3/c1-3-24-16-9-8-14(32(19,28)29)10-15(16)20-18(24)30-11-17-21-22-23-25(17)12-4-6-13(7-5-12)31(2,26)27/h4-10H,3,11H2,1-2H3,(H2,19,28,29). The summed E-state index contributed by atoms with van der Waals surface area (Å²) in [6.07, 6.45) is 1.15. The Bertz CT molecular complexity index is 1510. The van der Waals surface area contributed by atoms with Crippen LogP contribution < -0.4 is 5.14 Å². The number of benzene rings is 2. The van der Waals surface area contributed by atoms with Gasteiger partial charge in [-0.1, -0.05) is 11.8 Å². The number of primary sulfonamides is 1. The number of nitrogens with zero attached hydrogens (tertiary/aromatic N) is 6. The van der Waals surface area contributed by atoms with Gasteiger partial charge in [-0.15, -0.1) is 5.10 Å². The molecule has 2 heterocycles. The van der Waals surface area contributed by atoms with E-state index in [0.29, 0.717) is 34.5 Å². The largest absolute Gasteiger partial charge is 0.319 e. The Morgan fingerprint density at radius 2 is 1.72 bits per heavy atom. The minimum atomic E-state index is -3.82. The van der Waals surface area contributed by atoms with Crippen LogP contribution in [0.15, 0.2) is 57.4 Å². The summed E-state index contributed by atoms with van der Waals surface area (Å²) in [6.45, 7) is 2.59. The van der Waals surface area contributed by atoms with Crippen LogP contribution in [0.5, 0.6) is 0 Å². The predicted molar refractivity (Wildman–Crippen MR) is 119 cm³/mol. The lowest BCUT2D eigenvalue weighted by molar-refractivity contribution is 0.597. The zero-order valence-corrected chi connectivity index (χ0v) is 19.5. The van der Waals surface area contributed by atoms with E-state index in [4.69, 9.17) is 5.14 Å². The molecule has 2 aromatic heterocycles. The normalized spacial score (nSPS) is 12.5. The summed E-state index contributed by atoms with van der Waals surface area (Å²) in [4.78, 5) is 4.77. The summed E-state index contributed by atoms with van der Waals surface area (Å²) in [6, 6.07) is 10.9. The maximum Gasteiger partial charge on any atom is 0.238 e. The third-order valence-electron chi connectivity index (χ3n) is 4.70. The summed E-state index contributed by atoms with van der Waals surface area (Å²) in [5.41, 5.74) is 1.94. The van der Waals surface area contributed by atoms with Gasteiger partial charge >= 0.3 is 0 Å². The van der Waals surface area contributed by atoms with E-state index in [9.17, 15) is 16.8 Å². The summed E-state index contributed by atoms with van der Waals surface area (Å²) < 4.78 is 50.1. The average molecular weight is 494 g/mol. The van der Waals surface area contributed by atoms with Crippen molar-refractivity contribution in [2.45, 2.75) is 34.2 Å². The van der Waals surface area contributed by atoms with Crippen molar-refractivity contribution in [3.8, 4) is 5.69 Å². The van der Waals surface area contributed by atoms with Gasteiger partial charge in [0, 0.05) is 12.8 Å². The minimum absolute atomic E-state index is 0.00351. The van der Waals surface area contributed by atoms with Gasteiger partial charge in [-0.3, -0.25) is 0 Å². The van der Waals surface area contributed by atoms with Gasteiger partial charge in [0.25, 0.3) is 0 Å². The quantitative estimate of drug-likeness (QED) is 0.376. The van der Waals surface area contributed by atoms with Crippen molar-refractivity contribution in [1.82, 2.24) is 29.8 Å². The first-order valence-electron chi connectivity index (χ1n) is 9.31. The molecule has 32 heavy (non-hydrogen) atoms. The van der Waals surface area contributed by atoms with Crippen LogP contribution in [0, 0.1) is 0 Å². The topological polar surface area (TPSA) is 156 Å². The Hall–Kier alpha value is -2.81. The van der Waals surface area contributed by atoms with Crippen molar-refractivity contribution in [2.24, 2.45) is 5.14 Å². The Morgan fingerprint density at radius 3 is 2.34 bits per heavy atom. The fourth-order valence-corrected chi connectivity index (χ4v) is 5.29. The van der Waals surface area contributed by atoms with E-state index in [1.165, 1.54) is 40.7 Å². The molecule has 2 aromatic carbocycles. The van der Waals surface area contributed by atoms with Crippen molar-refractivity contribution in [1.29, 1.82) is 0 Å². The van der Waals surface area contributed by atoms with Crippen LogP contribution in [0.4, 0.5) is 0 Å². The molecule has 168 valence electrons. The fraction of sp³-hybridized carbons (Fsp3) is 0.222. The number of rotatable bonds is 7. The van der Waals surface area contributed by atoms with E-state index in [1.807, 2.05) is 11.5 Å². The minimum Gasteiger partial charge on any atom is -0.319 e. The number of fused-ring (bicyclic) bond motifs is 1. The number of hydrogen-bond acceptors (Lipinski definition) is 9. The van der Waals surface area contributed by atoms with E-state index >= 15 is 0 Å². The first kappa shape index (κ1) is 22.4. The number of aryl methyl sites for hydroxylation is 1. The maximum atomic E-state index is 11.7. The van der Waals surface area contributed by atoms with E-state index in [0.717, 1.165) is 11.8 Å². The summed E-state index contributed by atoms with van der Waals surface area (Å²) in [5, 5.41) is 17.7. The Labute approximate surface area is 188 Å². The number of imidazole rings is 1. The second kappa shape index (κ2) is 8.27. The van der Waals surface area contributed by atoms with Gasteiger partial charge in [-0.2, -0.15) is 4.68 Å². The highest BCUT2D eigenvalue weighted by Gasteiger charge is 2.17. The molecule has 0 fully saturated rings. The first-order valence-corrected chi connectivity index (χ1v) is 13.7. The van der Waals surface area contributed by atoms with Gasteiger partial charge < -0.3 is 4.57 Å². The van der Waals surface area contributed by atoms with E-state index in [2.05, 4.69) is 20.5 Å². The predicted octanol–water partition coefficient (Wildman–Crippen LogP) is 1.38. The monoisotopic (exact) mass is 493 g/mol. The van der Waals surface area contributed by atoms with Crippen LogP contribution in [-0.2, 0) is 32.2 Å². The van der Waals surface area contributed by atoms with Crippen molar-refractivity contribution in [3.63, 3.8) is 0 Å². The van der Waals surface area contributed by atoms with Crippen LogP contribution in [0.25, 0.3) is 16.7 Å². The van der Waals surface area contributed by atoms with Crippen LogP contribution in [-0.4, -0.2) is 52.8 Å². The highest BCUT2D eigenvalue weighted by molar-refractivity contribution is 7.98. The fourth-order valence-electron chi connectivity index (χ4n) is 3.14. The molecule has 4 rings (SSSR count). The van der Waals surface area contributed by atoms with Crippen molar-refractivity contribution in [3.05, 3.63) is 48.3 Å². The van der Waals surface area contributed by atoms with E-state index in [-0.39, 0.29) is 9.79 Å². The number of hydrogen-bond donors (Lipinski definition) is 1. The lowest BCUT2D eigenvalue weighted by atomic mass is 10.3. The zero-order chi connectivity index (χ0) is 23.1. The summed E-state index contributed by atoms with van der Waals surface area (Å²) in [7, 11) is -7.12. The lowest BCUT2D eigenvalue weighted by Crippen LogP contribution is -2.11. The third kappa shape index (κ3) is 4.39. The van der Waals surface area contributed by atoms with E-state index in [1.54, 1.807) is 18.2 Å². The second-order valence-electron chi connectivity index (χ2n) is 6.90. The smallest absolute Gasteiger partial charge is 0.238 e. The number of nitrogens with two attached hydrogens (primary N) is 1. The molecule has 0 saturated carbocycles. The maximum absolute atomic E-state index is 11.7. The van der Waals surface area contributed by atoms with Gasteiger partial charge in [0.05, 0.1) is 32.3 Å². The SMILES string of the molecule is CCn1c(SCc2nnnn2-c2ccc(S(C)(=O)=O)cc2)nc2cc(S(N)(=O)=O)ccc21. The molecule has 2 N–H and O–H groups in total. The second-order valence-corrected chi connectivity index (χ2v) is 11.4. The van der Waals surface area contributed by atoms with Crippen molar-refractivity contribution < 1.29 is 16.8 Å². The molecule has 0 amide bonds. The molecule has 0 aliphatic carbocycles. The molecule has 0 unspecified atom stereocenters. The Kier molecular flexibility index (Phi) is 5.79. The van der Waals surface area contributed by atoms with Crippen LogP contribution in [0.2, 0.25) is 0 Å². The van der Waals surface area contributed by atoms with Gasteiger partial charge in [0.2, 0.25) is 10.0 Å². The van der Waals surface area contributed by atoms with Gasteiger partial charge in [-0.25, -0.2) is 27.0 Å². The molecule has 0 aliphatic heterocycles. The molecule has 0 spiro atoms. The zero-order valence-electron chi connectivity index (χ0n) is 17.1. The molecule has 4 aromatic rings. The lowest BCUT2D eigenvalue weighted by Gasteiger charge is -2.07. The summed E-state index contributed by atoms with van der Waals surface area (Å²) >= 11 is 1.40. The molecule has 14 heteroatoms. The number of aromatic nitrogens is 6. The number of sulfonamides is 1. The highest BCUT2D eigenvalue weighted by atomic mass is 32.2.